The lowest BCUT2D eigenvalue weighted by Gasteiger charge is -2.31. The molecule has 16 heavy (non-hydrogen) atoms. The van der Waals surface area contributed by atoms with E-state index in [-0.39, 0.29) is 5.56 Å². The van der Waals surface area contributed by atoms with Crippen molar-refractivity contribution in [2.24, 2.45) is 11.1 Å². The zero-order valence-corrected chi connectivity index (χ0v) is 9.67. The number of aliphatic hydroxyl groups is 1. The molecule has 0 radical (unpaired) electrons. The number of aliphatic hydroxyl groups excluding tert-OH is 1. The number of halogens is 2. The van der Waals surface area contributed by atoms with Gasteiger partial charge < -0.3 is 10.8 Å². The van der Waals surface area contributed by atoms with Crippen molar-refractivity contribution in [3.63, 3.8) is 0 Å². The van der Waals surface area contributed by atoms with Gasteiger partial charge in [-0.2, -0.15) is 0 Å². The van der Waals surface area contributed by atoms with Gasteiger partial charge in [-0.3, -0.25) is 0 Å². The molecule has 0 saturated heterocycles. The van der Waals surface area contributed by atoms with Gasteiger partial charge in [-0.1, -0.05) is 26.8 Å². The molecule has 0 unspecified atom stereocenters. The van der Waals surface area contributed by atoms with Crippen molar-refractivity contribution in [2.45, 2.75) is 32.9 Å². The van der Waals surface area contributed by atoms with Crippen LogP contribution in [0, 0.1) is 17.0 Å². The van der Waals surface area contributed by atoms with Gasteiger partial charge in [0.1, 0.15) is 11.6 Å². The van der Waals surface area contributed by atoms with Crippen LogP contribution in [0.25, 0.3) is 0 Å². The quantitative estimate of drug-likeness (QED) is 0.817. The Hall–Kier alpha value is -1.00. The van der Waals surface area contributed by atoms with E-state index in [9.17, 15) is 13.9 Å². The molecule has 1 rings (SSSR count). The van der Waals surface area contributed by atoms with E-state index < -0.39 is 29.2 Å². The first-order chi connectivity index (χ1) is 7.25. The summed E-state index contributed by atoms with van der Waals surface area (Å²) in [6.45, 7) is 5.28. The van der Waals surface area contributed by atoms with Crippen molar-refractivity contribution < 1.29 is 13.9 Å². The van der Waals surface area contributed by atoms with Crippen LogP contribution in [0.5, 0.6) is 0 Å². The third-order valence-corrected chi connectivity index (χ3v) is 2.56. The summed E-state index contributed by atoms with van der Waals surface area (Å²) in [5, 5.41) is 9.90. The lowest BCUT2D eigenvalue weighted by molar-refractivity contribution is 0.0381. The highest BCUT2D eigenvalue weighted by Crippen LogP contribution is 2.30. The van der Waals surface area contributed by atoms with Crippen LogP contribution in [0.2, 0.25) is 0 Å². The molecule has 4 heteroatoms. The number of hydrogen-bond acceptors (Lipinski definition) is 2. The van der Waals surface area contributed by atoms with Crippen LogP contribution < -0.4 is 5.73 Å². The Bertz CT molecular complexity index is 354. The molecular weight excluding hydrogens is 212 g/mol. The second-order valence-corrected chi connectivity index (χ2v) is 4.97. The maximum absolute atomic E-state index is 13.4. The third kappa shape index (κ3) is 2.57. The van der Waals surface area contributed by atoms with Gasteiger partial charge in [-0.25, -0.2) is 8.78 Å². The van der Waals surface area contributed by atoms with E-state index in [1.54, 1.807) is 20.8 Å². The van der Waals surface area contributed by atoms with Gasteiger partial charge in [0.05, 0.1) is 12.1 Å². The second kappa shape index (κ2) is 4.47. The summed E-state index contributed by atoms with van der Waals surface area (Å²) in [6, 6.07) is 2.47. The van der Waals surface area contributed by atoms with Gasteiger partial charge in [-0.05, 0) is 17.5 Å². The third-order valence-electron chi connectivity index (χ3n) is 2.56. The molecule has 2 nitrogen and oxygen atoms in total. The Kier molecular flexibility index (Phi) is 3.65. The molecule has 0 aliphatic heterocycles. The zero-order valence-electron chi connectivity index (χ0n) is 9.67. The van der Waals surface area contributed by atoms with Gasteiger partial charge >= 0.3 is 0 Å². The van der Waals surface area contributed by atoms with Crippen molar-refractivity contribution in [1.82, 2.24) is 0 Å². The highest BCUT2D eigenvalue weighted by Gasteiger charge is 2.32. The molecule has 0 aromatic heterocycles. The highest BCUT2D eigenvalue weighted by molar-refractivity contribution is 5.24. The molecule has 0 aliphatic rings. The summed E-state index contributed by atoms with van der Waals surface area (Å²) < 4.78 is 26.8. The topological polar surface area (TPSA) is 46.2 Å². The Labute approximate surface area is 94.1 Å². The summed E-state index contributed by atoms with van der Waals surface area (Å²) in [4.78, 5) is 0. The average Bonchev–Trinajstić information content (AvgIpc) is 2.14. The number of rotatable bonds is 2. The van der Waals surface area contributed by atoms with Gasteiger partial charge in [-0.15, -0.1) is 0 Å². The predicted octanol–water partition coefficient (Wildman–Crippen LogP) is 2.37. The molecular formula is C12H17F2NO. The van der Waals surface area contributed by atoms with Crippen LogP contribution in [0.1, 0.15) is 32.4 Å². The minimum absolute atomic E-state index is 0.259. The Balaban J connectivity index is 3.10. The van der Waals surface area contributed by atoms with E-state index >= 15 is 0 Å². The lowest BCUT2D eigenvalue weighted by Crippen LogP contribution is -2.37. The van der Waals surface area contributed by atoms with Crippen LogP contribution in [0.3, 0.4) is 0 Å². The monoisotopic (exact) mass is 229 g/mol. The summed E-state index contributed by atoms with van der Waals surface area (Å²) >= 11 is 0. The highest BCUT2D eigenvalue weighted by atomic mass is 19.1. The molecule has 0 aliphatic carbocycles. The lowest BCUT2D eigenvalue weighted by atomic mass is 9.82. The Morgan fingerprint density at radius 3 is 2.00 bits per heavy atom. The molecule has 0 saturated carbocycles. The fraction of sp³-hybridized carbons (Fsp3) is 0.500. The van der Waals surface area contributed by atoms with Gasteiger partial charge in [0, 0.05) is 5.56 Å². The summed E-state index contributed by atoms with van der Waals surface area (Å²) in [5.74, 6) is -1.45. The zero-order chi connectivity index (χ0) is 12.5. The fourth-order valence-electron chi connectivity index (χ4n) is 1.53. The van der Waals surface area contributed by atoms with Crippen molar-refractivity contribution in [1.29, 1.82) is 0 Å². The maximum atomic E-state index is 13.4. The van der Waals surface area contributed by atoms with E-state index in [2.05, 4.69) is 0 Å². The molecule has 3 N–H and O–H groups in total. The number of hydrogen-bond donors (Lipinski definition) is 2. The van der Waals surface area contributed by atoms with Gasteiger partial charge in [0.15, 0.2) is 0 Å². The summed E-state index contributed by atoms with van der Waals surface area (Å²) in [6.07, 6.45) is -1.01. The van der Waals surface area contributed by atoms with E-state index in [0.717, 1.165) is 12.1 Å². The summed E-state index contributed by atoms with van der Waals surface area (Å²) in [7, 11) is 0. The first-order valence-corrected chi connectivity index (χ1v) is 5.12. The second-order valence-electron chi connectivity index (χ2n) is 4.97. The van der Waals surface area contributed by atoms with Gasteiger partial charge in [0.25, 0.3) is 0 Å². The molecule has 0 fully saturated rings. The molecule has 0 bridgehead atoms. The van der Waals surface area contributed by atoms with E-state index in [1.165, 1.54) is 6.07 Å². The van der Waals surface area contributed by atoms with Crippen LogP contribution in [-0.2, 0) is 0 Å². The van der Waals surface area contributed by atoms with Crippen molar-refractivity contribution >= 4 is 0 Å². The predicted molar refractivity (Wildman–Crippen MR) is 58.7 cm³/mol. The normalized spacial score (nSPS) is 15.9. The van der Waals surface area contributed by atoms with Crippen molar-refractivity contribution in [3.05, 3.63) is 35.4 Å². The van der Waals surface area contributed by atoms with Crippen molar-refractivity contribution in [2.75, 3.05) is 0 Å². The minimum Gasteiger partial charge on any atom is -0.391 e. The fourth-order valence-corrected chi connectivity index (χ4v) is 1.53. The first-order valence-electron chi connectivity index (χ1n) is 5.12. The Morgan fingerprint density at radius 1 is 1.19 bits per heavy atom. The molecule has 1 aromatic carbocycles. The van der Waals surface area contributed by atoms with E-state index in [0.29, 0.717) is 0 Å². The Morgan fingerprint density at radius 2 is 1.62 bits per heavy atom. The number of nitrogens with two attached hydrogens (primary N) is 1. The van der Waals surface area contributed by atoms with Gasteiger partial charge in [0.2, 0.25) is 0 Å². The van der Waals surface area contributed by atoms with Crippen LogP contribution in [0.4, 0.5) is 8.78 Å². The van der Waals surface area contributed by atoms with E-state index in [1.807, 2.05) is 0 Å². The van der Waals surface area contributed by atoms with Crippen LogP contribution >= 0.6 is 0 Å². The number of benzene rings is 1. The SMILES string of the molecule is CC(C)(C)[C@@H](O)[C@@H](N)c1c(F)cccc1F. The molecule has 0 amide bonds. The first kappa shape index (κ1) is 13.1. The van der Waals surface area contributed by atoms with Crippen molar-refractivity contribution in [3.8, 4) is 0 Å². The largest absolute Gasteiger partial charge is 0.391 e. The smallest absolute Gasteiger partial charge is 0.131 e. The maximum Gasteiger partial charge on any atom is 0.131 e. The molecule has 90 valence electrons. The molecule has 0 heterocycles. The van der Waals surface area contributed by atoms with E-state index in [4.69, 9.17) is 5.73 Å². The summed E-state index contributed by atoms with van der Waals surface area (Å²) in [5.41, 5.74) is 4.90. The molecule has 0 spiro atoms. The van der Waals surface area contributed by atoms with Crippen LogP contribution in [0.15, 0.2) is 18.2 Å². The standard InChI is InChI=1S/C12H17F2NO/c1-12(2,3)11(16)10(15)9-7(13)5-4-6-8(9)14/h4-6,10-11,16H,15H2,1-3H3/t10-,11-/m0/s1. The average molecular weight is 229 g/mol. The van der Waals surface area contributed by atoms with Crippen LogP contribution in [-0.4, -0.2) is 11.2 Å². The molecule has 2 atom stereocenters. The minimum atomic E-state index is -1.07. The molecule has 1 aromatic rings.